The number of rotatable bonds is 2. The summed E-state index contributed by atoms with van der Waals surface area (Å²) in [6.45, 7) is 0.450. The molecule has 0 radical (unpaired) electrons. The summed E-state index contributed by atoms with van der Waals surface area (Å²) >= 11 is 0. The summed E-state index contributed by atoms with van der Waals surface area (Å²) in [4.78, 5) is 15.5. The van der Waals surface area contributed by atoms with Crippen LogP contribution in [0.5, 0.6) is 0 Å². The lowest BCUT2D eigenvalue weighted by Crippen LogP contribution is -2.28. The first-order valence-electron chi connectivity index (χ1n) is 5.71. The average molecular weight is 293 g/mol. The van der Waals surface area contributed by atoms with Gasteiger partial charge < -0.3 is 15.4 Å². The standard InChI is InChI=1S/C11H11F4N3O2/c12-8-3-6(11(13,14)15)4-17-9(8)18-2-1-7(5-18)20-10(16)19/h3-4,7H,1-2,5H2,(H2,16,19). The Morgan fingerprint density at radius 1 is 1.50 bits per heavy atom. The van der Waals surface area contributed by atoms with E-state index >= 15 is 0 Å². The van der Waals surface area contributed by atoms with Gasteiger partial charge in [0.15, 0.2) is 11.6 Å². The average Bonchev–Trinajstić information content (AvgIpc) is 2.75. The molecule has 1 unspecified atom stereocenters. The van der Waals surface area contributed by atoms with Gasteiger partial charge in [-0.2, -0.15) is 13.2 Å². The fraction of sp³-hybridized carbons (Fsp3) is 0.455. The molecule has 20 heavy (non-hydrogen) atoms. The number of carbonyl (C=O) groups is 1. The number of halogens is 4. The first-order chi connectivity index (χ1) is 9.27. The Labute approximate surface area is 111 Å². The molecule has 1 fully saturated rings. The molecule has 110 valence electrons. The van der Waals surface area contributed by atoms with Crippen molar-refractivity contribution >= 4 is 11.9 Å². The van der Waals surface area contributed by atoms with Crippen molar-refractivity contribution in [3.05, 3.63) is 23.6 Å². The third-order valence-electron chi connectivity index (χ3n) is 2.88. The van der Waals surface area contributed by atoms with Crippen LogP contribution in [0.2, 0.25) is 0 Å². The highest BCUT2D eigenvalue weighted by atomic mass is 19.4. The number of primary amides is 1. The van der Waals surface area contributed by atoms with Crippen LogP contribution in [0.4, 0.5) is 28.2 Å². The molecule has 1 aromatic rings. The lowest BCUT2D eigenvalue weighted by molar-refractivity contribution is -0.138. The number of aromatic nitrogens is 1. The van der Waals surface area contributed by atoms with E-state index in [0.29, 0.717) is 25.2 Å². The number of nitrogens with zero attached hydrogens (tertiary/aromatic N) is 2. The van der Waals surface area contributed by atoms with Crippen LogP contribution in [0, 0.1) is 5.82 Å². The molecule has 5 nitrogen and oxygen atoms in total. The summed E-state index contributed by atoms with van der Waals surface area (Å²) in [5, 5.41) is 0. The number of hydrogen-bond acceptors (Lipinski definition) is 4. The molecule has 1 aliphatic rings. The lowest BCUT2D eigenvalue weighted by atomic mass is 10.2. The second-order valence-corrected chi connectivity index (χ2v) is 4.32. The predicted molar refractivity (Wildman–Crippen MR) is 60.5 cm³/mol. The van der Waals surface area contributed by atoms with Crippen molar-refractivity contribution in [2.75, 3.05) is 18.0 Å². The number of amides is 1. The molecular formula is C11H11F4N3O2. The topological polar surface area (TPSA) is 68.5 Å². The van der Waals surface area contributed by atoms with Gasteiger partial charge in [0, 0.05) is 19.2 Å². The summed E-state index contributed by atoms with van der Waals surface area (Å²) in [6.07, 6.45) is -5.13. The Hall–Kier alpha value is -2.06. The summed E-state index contributed by atoms with van der Waals surface area (Å²) in [5.41, 5.74) is 3.71. The van der Waals surface area contributed by atoms with E-state index in [1.54, 1.807) is 0 Å². The fourth-order valence-electron chi connectivity index (χ4n) is 2.00. The molecule has 0 aliphatic carbocycles. The smallest absolute Gasteiger partial charge is 0.417 e. The molecule has 1 atom stereocenters. The summed E-state index contributed by atoms with van der Waals surface area (Å²) in [5.74, 6) is -1.27. The molecule has 1 saturated heterocycles. The van der Waals surface area contributed by atoms with E-state index in [9.17, 15) is 22.4 Å². The molecule has 1 aromatic heterocycles. The van der Waals surface area contributed by atoms with Gasteiger partial charge in [-0.1, -0.05) is 0 Å². The molecule has 1 aliphatic heterocycles. The third-order valence-corrected chi connectivity index (χ3v) is 2.88. The molecule has 1 amide bonds. The second-order valence-electron chi connectivity index (χ2n) is 4.32. The molecule has 0 spiro atoms. The van der Waals surface area contributed by atoms with Gasteiger partial charge in [-0.3, -0.25) is 0 Å². The van der Waals surface area contributed by atoms with Gasteiger partial charge in [0.05, 0.1) is 12.1 Å². The van der Waals surface area contributed by atoms with Crippen molar-refractivity contribution in [1.82, 2.24) is 4.98 Å². The van der Waals surface area contributed by atoms with Crippen molar-refractivity contribution in [2.45, 2.75) is 18.7 Å². The minimum Gasteiger partial charge on any atom is -0.444 e. The van der Waals surface area contributed by atoms with Crippen LogP contribution in [0.3, 0.4) is 0 Å². The third kappa shape index (κ3) is 3.09. The normalized spacial score (nSPS) is 19.2. The first kappa shape index (κ1) is 14.4. The van der Waals surface area contributed by atoms with Gasteiger partial charge in [-0.25, -0.2) is 14.2 Å². The van der Waals surface area contributed by atoms with Crippen LogP contribution in [0.1, 0.15) is 12.0 Å². The van der Waals surface area contributed by atoms with E-state index in [0.717, 1.165) is 0 Å². The number of nitrogens with two attached hydrogens (primary N) is 1. The van der Waals surface area contributed by atoms with Crippen LogP contribution < -0.4 is 10.6 Å². The number of pyridine rings is 1. The number of carbonyl (C=O) groups excluding carboxylic acids is 1. The van der Waals surface area contributed by atoms with E-state index in [4.69, 9.17) is 10.5 Å². The SMILES string of the molecule is NC(=O)OC1CCN(c2ncc(C(F)(F)F)cc2F)C1. The number of hydrogen-bond donors (Lipinski definition) is 1. The second kappa shape index (κ2) is 5.14. The highest BCUT2D eigenvalue weighted by molar-refractivity contribution is 5.65. The molecule has 2 N–H and O–H groups in total. The van der Waals surface area contributed by atoms with Gasteiger partial charge in [-0.15, -0.1) is 0 Å². The van der Waals surface area contributed by atoms with Crippen molar-refractivity contribution in [2.24, 2.45) is 5.73 Å². The Balaban J connectivity index is 2.13. The van der Waals surface area contributed by atoms with E-state index in [1.807, 2.05) is 0 Å². The van der Waals surface area contributed by atoms with Crippen LogP contribution in [0.15, 0.2) is 12.3 Å². The van der Waals surface area contributed by atoms with E-state index < -0.39 is 29.8 Å². The van der Waals surface area contributed by atoms with Gasteiger partial charge in [0.1, 0.15) is 6.10 Å². The van der Waals surface area contributed by atoms with Crippen molar-refractivity contribution < 1.29 is 27.1 Å². The Kier molecular flexibility index (Phi) is 3.69. The van der Waals surface area contributed by atoms with Gasteiger partial charge in [0.25, 0.3) is 0 Å². The predicted octanol–water partition coefficient (Wildman–Crippen LogP) is 1.91. The number of ether oxygens (including phenoxy) is 1. The Bertz CT molecular complexity index is 521. The first-order valence-corrected chi connectivity index (χ1v) is 5.71. The molecule has 9 heteroatoms. The van der Waals surface area contributed by atoms with Crippen LogP contribution in [-0.4, -0.2) is 30.3 Å². The lowest BCUT2D eigenvalue weighted by Gasteiger charge is -2.18. The molecule has 0 aromatic carbocycles. The van der Waals surface area contributed by atoms with Crippen LogP contribution in [0.25, 0.3) is 0 Å². The fourth-order valence-corrected chi connectivity index (χ4v) is 2.00. The Morgan fingerprint density at radius 3 is 2.75 bits per heavy atom. The van der Waals surface area contributed by atoms with E-state index in [1.165, 1.54) is 4.90 Å². The largest absolute Gasteiger partial charge is 0.444 e. The maximum atomic E-state index is 13.7. The number of anilines is 1. The molecule has 0 bridgehead atoms. The van der Waals surface area contributed by atoms with Crippen LogP contribution in [-0.2, 0) is 10.9 Å². The summed E-state index contributed by atoms with van der Waals surface area (Å²) in [7, 11) is 0. The van der Waals surface area contributed by atoms with Gasteiger partial charge in [-0.05, 0) is 6.07 Å². The maximum absolute atomic E-state index is 13.7. The number of alkyl halides is 3. The highest BCUT2D eigenvalue weighted by Crippen LogP contribution is 2.31. The highest BCUT2D eigenvalue weighted by Gasteiger charge is 2.33. The zero-order chi connectivity index (χ0) is 14.9. The van der Waals surface area contributed by atoms with Crippen molar-refractivity contribution in [3.8, 4) is 0 Å². The molecule has 2 rings (SSSR count). The minimum absolute atomic E-state index is 0.137. The van der Waals surface area contributed by atoms with Gasteiger partial charge >= 0.3 is 12.3 Å². The Morgan fingerprint density at radius 2 is 2.20 bits per heavy atom. The molecule has 2 heterocycles. The summed E-state index contributed by atoms with van der Waals surface area (Å²) < 4.78 is 55.6. The monoisotopic (exact) mass is 293 g/mol. The van der Waals surface area contributed by atoms with E-state index in [2.05, 4.69) is 4.98 Å². The van der Waals surface area contributed by atoms with Crippen LogP contribution >= 0.6 is 0 Å². The van der Waals surface area contributed by atoms with E-state index in [-0.39, 0.29) is 12.4 Å². The maximum Gasteiger partial charge on any atom is 0.417 e. The summed E-state index contributed by atoms with van der Waals surface area (Å²) in [6, 6.07) is 0.393. The zero-order valence-corrected chi connectivity index (χ0v) is 10.2. The minimum atomic E-state index is -4.64. The van der Waals surface area contributed by atoms with Crippen molar-refractivity contribution in [1.29, 1.82) is 0 Å². The quantitative estimate of drug-likeness (QED) is 0.846. The molecule has 0 saturated carbocycles. The van der Waals surface area contributed by atoms with Gasteiger partial charge in [0.2, 0.25) is 0 Å². The van der Waals surface area contributed by atoms with Crippen molar-refractivity contribution in [3.63, 3.8) is 0 Å². The molecular weight excluding hydrogens is 282 g/mol. The zero-order valence-electron chi connectivity index (χ0n) is 10.2.